The van der Waals surface area contributed by atoms with Gasteiger partial charge in [-0.2, -0.15) is 0 Å². The first kappa shape index (κ1) is 15.3. The maximum absolute atomic E-state index is 12.9. The Morgan fingerprint density at radius 3 is 2.95 bits per heavy atom. The van der Waals surface area contributed by atoms with Gasteiger partial charge in [0.1, 0.15) is 5.60 Å². The molecule has 1 aromatic rings. The van der Waals surface area contributed by atoms with Crippen molar-refractivity contribution in [3.63, 3.8) is 0 Å². The molecule has 2 saturated heterocycles. The Morgan fingerprint density at radius 1 is 1.41 bits per heavy atom. The van der Waals surface area contributed by atoms with Crippen LogP contribution in [0.1, 0.15) is 30.1 Å². The van der Waals surface area contributed by atoms with E-state index in [0.29, 0.717) is 25.3 Å². The highest BCUT2D eigenvalue weighted by Gasteiger charge is 2.42. The number of carbonyl (C=O) groups excluding carboxylic acids is 1. The van der Waals surface area contributed by atoms with Gasteiger partial charge in [0.2, 0.25) is 0 Å². The standard InChI is InChI=1S/C17H24N2O3/c1-13-10-19(11-17(22-13)8-5-9-21-12-17)16(20)14-6-3-4-7-15(14)18-2/h3-4,6-7,13,18H,5,8-12H2,1-2H3/t13-,17+/m0/s1. The third kappa shape index (κ3) is 2.96. The van der Waals surface area contributed by atoms with Crippen molar-refractivity contribution in [1.29, 1.82) is 0 Å². The molecule has 1 spiro atoms. The van der Waals surface area contributed by atoms with Gasteiger partial charge in [0.05, 0.1) is 24.8 Å². The number of hydrogen-bond acceptors (Lipinski definition) is 4. The van der Waals surface area contributed by atoms with E-state index < -0.39 is 0 Å². The molecule has 1 N–H and O–H groups in total. The molecular weight excluding hydrogens is 280 g/mol. The van der Waals surface area contributed by atoms with Gasteiger partial charge >= 0.3 is 0 Å². The molecule has 5 nitrogen and oxygen atoms in total. The van der Waals surface area contributed by atoms with E-state index in [4.69, 9.17) is 9.47 Å². The normalized spacial score (nSPS) is 28.6. The van der Waals surface area contributed by atoms with Gasteiger partial charge < -0.3 is 19.7 Å². The molecule has 120 valence electrons. The second-order valence-electron chi connectivity index (χ2n) is 6.25. The molecule has 2 heterocycles. The fourth-order valence-corrected chi connectivity index (χ4v) is 3.48. The zero-order chi connectivity index (χ0) is 15.6. The Bertz CT molecular complexity index is 540. The number of hydrogen-bond donors (Lipinski definition) is 1. The number of para-hydroxylation sites is 1. The molecule has 0 aromatic heterocycles. The predicted octanol–water partition coefficient (Wildman–Crippen LogP) is 2.14. The van der Waals surface area contributed by atoms with E-state index in [9.17, 15) is 4.79 Å². The van der Waals surface area contributed by atoms with Crippen molar-refractivity contribution in [3.05, 3.63) is 29.8 Å². The van der Waals surface area contributed by atoms with E-state index in [1.165, 1.54) is 0 Å². The van der Waals surface area contributed by atoms with Gasteiger partial charge in [0.25, 0.3) is 5.91 Å². The molecule has 0 bridgehead atoms. The highest BCUT2D eigenvalue weighted by molar-refractivity contribution is 5.99. The molecule has 2 fully saturated rings. The average Bonchev–Trinajstić information content (AvgIpc) is 2.54. The van der Waals surface area contributed by atoms with Gasteiger partial charge in [-0.3, -0.25) is 4.79 Å². The zero-order valence-corrected chi connectivity index (χ0v) is 13.3. The van der Waals surface area contributed by atoms with Crippen molar-refractivity contribution in [3.8, 4) is 0 Å². The number of ether oxygens (including phenoxy) is 2. The van der Waals surface area contributed by atoms with Crippen LogP contribution in [-0.4, -0.2) is 55.9 Å². The highest BCUT2D eigenvalue weighted by atomic mass is 16.6. The second kappa shape index (κ2) is 6.26. The molecule has 5 heteroatoms. The third-order valence-electron chi connectivity index (χ3n) is 4.41. The summed E-state index contributed by atoms with van der Waals surface area (Å²) in [5, 5.41) is 3.09. The lowest BCUT2D eigenvalue weighted by molar-refractivity contribution is -0.188. The maximum atomic E-state index is 12.9. The summed E-state index contributed by atoms with van der Waals surface area (Å²) in [6, 6.07) is 7.63. The molecule has 2 aliphatic heterocycles. The smallest absolute Gasteiger partial charge is 0.256 e. The van der Waals surface area contributed by atoms with Crippen molar-refractivity contribution < 1.29 is 14.3 Å². The largest absolute Gasteiger partial charge is 0.387 e. The van der Waals surface area contributed by atoms with Crippen LogP contribution in [0, 0.1) is 0 Å². The highest BCUT2D eigenvalue weighted by Crippen LogP contribution is 2.31. The molecule has 2 aliphatic rings. The lowest BCUT2D eigenvalue weighted by Gasteiger charge is -2.47. The van der Waals surface area contributed by atoms with Crippen LogP contribution in [0.4, 0.5) is 5.69 Å². The first-order valence-electron chi connectivity index (χ1n) is 7.95. The molecule has 0 saturated carbocycles. The van der Waals surface area contributed by atoms with Gasteiger partial charge in [-0.15, -0.1) is 0 Å². The fourth-order valence-electron chi connectivity index (χ4n) is 3.48. The number of rotatable bonds is 2. The van der Waals surface area contributed by atoms with Crippen LogP contribution < -0.4 is 5.32 Å². The second-order valence-corrected chi connectivity index (χ2v) is 6.25. The van der Waals surface area contributed by atoms with Gasteiger partial charge in [0.15, 0.2) is 0 Å². The van der Waals surface area contributed by atoms with Crippen LogP contribution in [-0.2, 0) is 9.47 Å². The van der Waals surface area contributed by atoms with Crippen molar-refractivity contribution in [1.82, 2.24) is 4.90 Å². The summed E-state index contributed by atoms with van der Waals surface area (Å²) in [5.74, 6) is 0.0602. The Morgan fingerprint density at radius 2 is 2.23 bits per heavy atom. The lowest BCUT2D eigenvalue weighted by atomic mass is 9.93. The van der Waals surface area contributed by atoms with Gasteiger partial charge in [-0.1, -0.05) is 12.1 Å². The summed E-state index contributed by atoms with van der Waals surface area (Å²) in [4.78, 5) is 14.9. The summed E-state index contributed by atoms with van der Waals surface area (Å²) in [6.45, 7) is 4.62. The average molecular weight is 304 g/mol. The molecule has 2 atom stereocenters. The topological polar surface area (TPSA) is 50.8 Å². The first-order valence-corrected chi connectivity index (χ1v) is 7.95. The quantitative estimate of drug-likeness (QED) is 0.909. The van der Waals surface area contributed by atoms with Crippen LogP contribution >= 0.6 is 0 Å². The Kier molecular flexibility index (Phi) is 4.36. The minimum atomic E-state index is -0.333. The molecule has 0 radical (unpaired) electrons. The van der Waals surface area contributed by atoms with E-state index in [-0.39, 0.29) is 17.6 Å². The molecule has 0 aliphatic carbocycles. The number of anilines is 1. The van der Waals surface area contributed by atoms with Crippen molar-refractivity contribution >= 4 is 11.6 Å². The van der Waals surface area contributed by atoms with E-state index in [1.54, 1.807) is 0 Å². The summed E-state index contributed by atoms with van der Waals surface area (Å²) in [6.07, 6.45) is 1.97. The Balaban J connectivity index is 1.82. The monoisotopic (exact) mass is 304 g/mol. The van der Waals surface area contributed by atoms with Gasteiger partial charge in [-0.25, -0.2) is 0 Å². The number of amides is 1. The molecule has 3 rings (SSSR count). The Hall–Kier alpha value is -1.59. The molecular formula is C17H24N2O3. The summed E-state index contributed by atoms with van der Waals surface area (Å²) in [7, 11) is 1.84. The number of benzene rings is 1. The van der Waals surface area contributed by atoms with Gasteiger partial charge in [-0.05, 0) is 31.9 Å². The van der Waals surface area contributed by atoms with Crippen LogP contribution in [0.15, 0.2) is 24.3 Å². The lowest BCUT2D eigenvalue weighted by Crippen LogP contribution is -2.59. The fraction of sp³-hybridized carbons (Fsp3) is 0.588. The predicted molar refractivity (Wildman–Crippen MR) is 85.2 cm³/mol. The third-order valence-corrected chi connectivity index (χ3v) is 4.41. The van der Waals surface area contributed by atoms with Crippen LogP contribution in [0.3, 0.4) is 0 Å². The SMILES string of the molecule is CNc1ccccc1C(=O)N1C[C@H](C)O[C@]2(CCCOC2)C1. The molecule has 22 heavy (non-hydrogen) atoms. The van der Waals surface area contributed by atoms with Crippen molar-refractivity contribution in [2.24, 2.45) is 0 Å². The summed E-state index contributed by atoms with van der Waals surface area (Å²) in [5.41, 5.74) is 1.24. The number of carbonyl (C=O) groups is 1. The summed E-state index contributed by atoms with van der Waals surface area (Å²) < 4.78 is 11.8. The number of nitrogens with zero attached hydrogens (tertiary/aromatic N) is 1. The van der Waals surface area contributed by atoms with Gasteiger partial charge in [0, 0.05) is 25.9 Å². The zero-order valence-electron chi connectivity index (χ0n) is 13.3. The van der Waals surface area contributed by atoms with Crippen molar-refractivity contribution in [2.45, 2.75) is 31.5 Å². The van der Waals surface area contributed by atoms with Crippen LogP contribution in [0.5, 0.6) is 0 Å². The molecule has 1 amide bonds. The van der Waals surface area contributed by atoms with E-state index in [0.717, 1.165) is 25.1 Å². The maximum Gasteiger partial charge on any atom is 0.256 e. The summed E-state index contributed by atoms with van der Waals surface area (Å²) >= 11 is 0. The number of nitrogens with one attached hydrogen (secondary N) is 1. The number of morpholine rings is 1. The molecule has 1 aromatic carbocycles. The van der Waals surface area contributed by atoms with E-state index in [2.05, 4.69) is 5.32 Å². The van der Waals surface area contributed by atoms with Crippen molar-refractivity contribution in [2.75, 3.05) is 38.7 Å². The van der Waals surface area contributed by atoms with E-state index in [1.807, 2.05) is 43.1 Å². The Labute approximate surface area is 131 Å². The van der Waals surface area contributed by atoms with Crippen LogP contribution in [0.25, 0.3) is 0 Å². The molecule has 0 unspecified atom stereocenters. The minimum Gasteiger partial charge on any atom is -0.387 e. The van der Waals surface area contributed by atoms with E-state index >= 15 is 0 Å². The minimum absolute atomic E-state index is 0.0288. The first-order chi connectivity index (χ1) is 10.6. The van der Waals surface area contributed by atoms with Crippen LogP contribution in [0.2, 0.25) is 0 Å².